The molecule has 0 radical (unpaired) electrons. The van der Waals surface area contributed by atoms with Crippen molar-refractivity contribution in [2.45, 2.75) is 45.3 Å². The molecule has 1 aliphatic rings. The van der Waals surface area contributed by atoms with Gasteiger partial charge in [-0.25, -0.2) is 0 Å². The van der Waals surface area contributed by atoms with Gasteiger partial charge in [0.2, 0.25) is 0 Å². The number of rotatable bonds is 9. The number of fused-ring (bicyclic) bond motifs is 1. The Bertz CT molecular complexity index is 1240. The van der Waals surface area contributed by atoms with Gasteiger partial charge in [-0.05, 0) is 31.4 Å². The Morgan fingerprint density at radius 2 is 1.69 bits per heavy atom. The Morgan fingerprint density at radius 1 is 0.972 bits per heavy atom. The number of aromatic nitrogens is 1. The molecule has 7 nitrogen and oxygen atoms in total. The first-order chi connectivity index (χ1) is 17.5. The van der Waals surface area contributed by atoms with Crippen LogP contribution in [0, 0.1) is 0 Å². The minimum atomic E-state index is -0.257. The molecule has 0 aliphatic carbocycles. The number of methoxy groups -OCH3 is 2. The summed E-state index contributed by atoms with van der Waals surface area (Å²) in [6.45, 7) is 4.63. The van der Waals surface area contributed by atoms with Gasteiger partial charge in [-0.3, -0.25) is 14.5 Å². The van der Waals surface area contributed by atoms with E-state index in [0.717, 1.165) is 37.2 Å². The fourth-order valence-electron chi connectivity index (χ4n) is 4.93. The maximum Gasteiger partial charge on any atom is 0.257 e. The lowest BCUT2D eigenvalue weighted by Gasteiger charge is -2.27. The zero-order chi connectivity index (χ0) is 25.5. The van der Waals surface area contributed by atoms with E-state index in [1.165, 1.54) is 18.7 Å². The summed E-state index contributed by atoms with van der Waals surface area (Å²) >= 11 is 0. The topological polar surface area (TPSA) is 72.8 Å². The summed E-state index contributed by atoms with van der Waals surface area (Å²) in [5.74, 6) is 0.773. The number of hydrogen-bond donors (Lipinski definition) is 1. The fourth-order valence-corrected chi connectivity index (χ4v) is 4.93. The van der Waals surface area contributed by atoms with E-state index >= 15 is 0 Å². The average molecular weight is 490 g/mol. The van der Waals surface area contributed by atoms with Crippen LogP contribution in [0.15, 0.2) is 65.5 Å². The van der Waals surface area contributed by atoms with Gasteiger partial charge in [0.15, 0.2) is 0 Å². The number of carbonyl (C=O) groups is 1. The monoisotopic (exact) mass is 489 g/mol. The van der Waals surface area contributed by atoms with Crippen molar-refractivity contribution in [3.63, 3.8) is 0 Å². The van der Waals surface area contributed by atoms with Crippen molar-refractivity contribution < 1.29 is 14.3 Å². The normalized spacial score (nSPS) is 14.4. The standard InChI is InChI=1S/C29H35N3O4/c1-21(13-14-22-9-5-4-6-10-22)31-16-15-24-28(26(36-3)19-27(33)32(24)18-17-31)29(34)30-20-23-11-7-8-12-25(23)35-2/h4-12,19,21H,13-18,20H2,1-3H3,(H,30,34). The molecule has 2 aromatic carbocycles. The molecule has 2 heterocycles. The minimum Gasteiger partial charge on any atom is -0.496 e. The van der Waals surface area contributed by atoms with Crippen LogP contribution in [-0.2, 0) is 25.9 Å². The van der Waals surface area contributed by atoms with Crippen molar-refractivity contribution in [3.05, 3.63) is 93.4 Å². The van der Waals surface area contributed by atoms with E-state index < -0.39 is 0 Å². The summed E-state index contributed by atoms with van der Waals surface area (Å²) in [5, 5.41) is 3.00. The van der Waals surface area contributed by atoms with Gasteiger partial charge in [-0.1, -0.05) is 48.5 Å². The summed E-state index contributed by atoms with van der Waals surface area (Å²) in [4.78, 5) is 28.8. The van der Waals surface area contributed by atoms with Gasteiger partial charge >= 0.3 is 0 Å². The van der Waals surface area contributed by atoms with Gasteiger partial charge in [0.25, 0.3) is 11.5 Å². The number of nitrogens with zero attached hydrogens (tertiary/aromatic N) is 2. The molecule has 0 spiro atoms. The molecule has 0 saturated carbocycles. The second kappa shape index (κ2) is 11.9. The van der Waals surface area contributed by atoms with Crippen molar-refractivity contribution in [1.82, 2.24) is 14.8 Å². The Hall–Kier alpha value is -3.58. The average Bonchev–Trinajstić information content (AvgIpc) is 3.14. The molecule has 1 aromatic heterocycles. The van der Waals surface area contributed by atoms with E-state index in [1.54, 1.807) is 11.7 Å². The molecule has 0 bridgehead atoms. The minimum absolute atomic E-state index is 0.137. The quantitative estimate of drug-likeness (QED) is 0.497. The summed E-state index contributed by atoms with van der Waals surface area (Å²) < 4.78 is 12.6. The van der Waals surface area contributed by atoms with Gasteiger partial charge in [-0.15, -0.1) is 0 Å². The molecule has 1 amide bonds. The summed E-state index contributed by atoms with van der Waals surface area (Å²) in [6, 6.07) is 19.9. The van der Waals surface area contributed by atoms with Gasteiger partial charge in [0, 0.05) is 56.0 Å². The number of hydrogen-bond acceptors (Lipinski definition) is 5. The third kappa shape index (κ3) is 5.79. The number of carbonyl (C=O) groups excluding carboxylic acids is 1. The predicted octanol–water partition coefficient (Wildman–Crippen LogP) is 3.67. The molecule has 0 saturated heterocycles. The van der Waals surface area contributed by atoms with Crippen LogP contribution >= 0.6 is 0 Å². The smallest absolute Gasteiger partial charge is 0.257 e. The van der Waals surface area contributed by atoms with E-state index in [9.17, 15) is 9.59 Å². The van der Waals surface area contributed by atoms with Crippen LogP contribution in [-0.4, -0.2) is 48.7 Å². The lowest BCUT2D eigenvalue weighted by atomic mass is 10.0. The number of ether oxygens (including phenoxy) is 2. The third-order valence-corrected chi connectivity index (χ3v) is 7.02. The van der Waals surface area contributed by atoms with E-state index in [-0.39, 0.29) is 11.5 Å². The van der Waals surface area contributed by atoms with Gasteiger partial charge in [0.05, 0.1) is 14.2 Å². The summed E-state index contributed by atoms with van der Waals surface area (Å²) in [6.07, 6.45) is 2.64. The molecule has 190 valence electrons. The molecular weight excluding hydrogens is 454 g/mol. The first kappa shape index (κ1) is 25.5. The molecule has 1 N–H and O–H groups in total. The predicted molar refractivity (Wildman–Crippen MR) is 141 cm³/mol. The molecule has 36 heavy (non-hydrogen) atoms. The molecule has 4 rings (SSSR count). The first-order valence-electron chi connectivity index (χ1n) is 12.5. The Kier molecular flexibility index (Phi) is 8.44. The molecule has 7 heteroatoms. The van der Waals surface area contributed by atoms with Crippen molar-refractivity contribution in [3.8, 4) is 11.5 Å². The Labute approximate surface area is 212 Å². The van der Waals surface area contributed by atoms with Crippen LogP contribution in [0.3, 0.4) is 0 Å². The number of para-hydroxylation sites is 1. The highest BCUT2D eigenvalue weighted by Crippen LogP contribution is 2.24. The van der Waals surface area contributed by atoms with Crippen molar-refractivity contribution in [1.29, 1.82) is 0 Å². The maximum absolute atomic E-state index is 13.4. The zero-order valence-electron chi connectivity index (χ0n) is 21.3. The lowest BCUT2D eigenvalue weighted by Crippen LogP contribution is -2.36. The van der Waals surface area contributed by atoms with E-state index in [0.29, 0.717) is 42.6 Å². The van der Waals surface area contributed by atoms with E-state index in [4.69, 9.17) is 9.47 Å². The largest absolute Gasteiger partial charge is 0.496 e. The lowest BCUT2D eigenvalue weighted by molar-refractivity contribution is 0.0945. The first-order valence-corrected chi connectivity index (χ1v) is 12.5. The van der Waals surface area contributed by atoms with Crippen LogP contribution in [0.1, 0.15) is 40.5 Å². The van der Waals surface area contributed by atoms with E-state index in [2.05, 4.69) is 41.4 Å². The van der Waals surface area contributed by atoms with Crippen molar-refractivity contribution >= 4 is 5.91 Å². The zero-order valence-corrected chi connectivity index (χ0v) is 21.3. The van der Waals surface area contributed by atoms with Gasteiger partial charge in [0.1, 0.15) is 17.1 Å². The number of nitrogens with one attached hydrogen (secondary N) is 1. The SMILES string of the molecule is COc1ccccc1CNC(=O)c1c(OC)cc(=O)n2c1CCN(C(C)CCc1ccccc1)CC2. The van der Waals surface area contributed by atoms with Crippen LogP contribution in [0.4, 0.5) is 0 Å². The number of pyridine rings is 1. The highest BCUT2D eigenvalue weighted by molar-refractivity contribution is 5.98. The van der Waals surface area contributed by atoms with Crippen LogP contribution in [0.25, 0.3) is 0 Å². The third-order valence-electron chi connectivity index (χ3n) is 7.02. The molecular formula is C29H35N3O4. The molecule has 1 atom stereocenters. The second-order valence-corrected chi connectivity index (χ2v) is 9.18. The van der Waals surface area contributed by atoms with Crippen LogP contribution < -0.4 is 20.3 Å². The Morgan fingerprint density at radius 3 is 2.44 bits per heavy atom. The second-order valence-electron chi connectivity index (χ2n) is 9.18. The summed E-state index contributed by atoms with van der Waals surface area (Å²) in [7, 11) is 3.11. The molecule has 1 unspecified atom stereocenters. The van der Waals surface area contributed by atoms with Crippen LogP contribution in [0.2, 0.25) is 0 Å². The fraction of sp³-hybridized carbons (Fsp3) is 0.379. The number of amides is 1. The van der Waals surface area contributed by atoms with Gasteiger partial charge < -0.3 is 19.4 Å². The summed E-state index contributed by atoms with van der Waals surface area (Å²) in [5.41, 5.74) is 3.24. The Balaban J connectivity index is 1.51. The van der Waals surface area contributed by atoms with E-state index in [1.807, 2.05) is 30.3 Å². The maximum atomic E-state index is 13.4. The highest BCUT2D eigenvalue weighted by Gasteiger charge is 2.26. The molecule has 3 aromatic rings. The van der Waals surface area contributed by atoms with Gasteiger partial charge in [-0.2, -0.15) is 0 Å². The van der Waals surface area contributed by atoms with Crippen molar-refractivity contribution in [2.75, 3.05) is 27.3 Å². The molecule has 0 fully saturated rings. The highest BCUT2D eigenvalue weighted by atomic mass is 16.5. The van der Waals surface area contributed by atoms with Crippen molar-refractivity contribution in [2.24, 2.45) is 0 Å². The number of benzene rings is 2. The van der Waals surface area contributed by atoms with Crippen LogP contribution in [0.5, 0.6) is 11.5 Å². The number of aryl methyl sites for hydroxylation is 1. The molecule has 1 aliphatic heterocycles.